The highest BCUT2D eigenvalue weighted by atomic mass is 35.5. The first-order valence-corrected chi connectivity index (χ1v) is 7.78. The molecule has 0 spiro atoms. The van der Waals surface area contributed by atoms with Crippen LogP contribution in [0.25, 0.3) is 0 Å². The summed E-state index contributed by atoms with van der Waals surface area (Å²) in [5.74, 6) is 0.662. The van der Waals surface area contributed by atoms with Crippen LogP contribution in [0.15, 0.2) is 47.4 Å². The topological polar surface area (TPSA) is 12.0 Å². The van der Waals surface area contributed by atoms with Crippen LogP contribution in [0.4, 0.5) is 4.39 Å². The van der Waals surface area contributed by atoms with Crippen LogP contribution in [-0.2, 0) is 0 Å². The van der Waals surface area contributed by atoms with Crippen LogP contribution < -0.4 is 5.32 Å². The fourth-order valence-corrected chi connectivity index (χ4v) is 3.27. The molecule has 4 heteroatoms. The predicted octanol–water partition coefficient (Wildman–Crippen LogP) is 4.84. The Morgan fingerprint density at radius 1 is 1.25 bits per heavy atom. The fourth-order valence-electron chi connectivity index (χ4n) is 1.91. The van der Waals surface area contributed by atoms with E-state index in [0.717, 1.165) is 21.2 Å². The molecule has 20 heavy (non-hydrogen) atoms. The molecule has 0 fully saturated rings. The lowest BCUT2D eigenvalue weighted by molar-refractivity contribution is 0.603. The Morgan fingerprint density at radius 3 is 2.70 bits per heavy atom. The Bertz CT molecular complexity index is 588. The Kier molecular flexibility index (Phi) is 5.46. The van der Waals surface area contributed by atoms with Crippen LogP contribution >= 0.6 is 23.4 Å². The quantitative estimate of drug-likeness (QED) is 0.793. The maximum atomic E-state index is 13.6. The first-order chi connectivity index (χ1) is 9.60. The highest BCUT2D eigenvalue weighted by molar-refractivity contribution is 7.99. The van der Waals surface area contributed by atoms with Crippen LogP contribution in [0, 0.1) is 12.7 Å². The zero-order valence-electron chi connectivity index (χ0n) is 11.5. The molecule has 0 saturated heterocycles. The number of hydrogen-bond donors (Lipinski definition) is 1. The second-order valence-corrected chi connectivity index (χ2v) is 6.15. The Hall–Kier alpha value is -1.03. The van der Waals surface area contributed by atoms with Crippen LogP contribution in [0.3, 0.4) is 0 Å². The van der Waals surface area contributed by atoms with Gasteiger partial charge >= 0.3 is 0 Å². The maximum Gasteiger partial charge on any atom is 0.126 e. The zero-order chi connectivity index (χ0) is 14.5. The molecule has 0 heterocycles. The summed E-state index contributed by atoms with van der Waals surface area (Å²) in [5, 5.41) is 3.96. The molecule has 1 N–H and O–H groups in total. The summed E-state index contributed by atoms with van der Waals surface area (Å²) in [4.78, 5) is 1.12. The SMILES string of the molecule is CNC(CSc1cccc(Cl)c1)c1ccc(C)c(F)c1. The van der Waals surface area contributed by atoms with Gasteiger partial charge in [0.2, 0.25) is 0 Å². The monoisotopic (exact) mass is 309 g/mol. The van der Waals surface area contributed by atoms with Gasteiger partial charge in [0, 0.05) is 21.7 Å². The van der Waals surface area contributed by atoms with Gasteiger partial charge in [-0.3, -0.25) is 0 Å². The first-order valence-electron chi connectivity index (χ1n) is 6.42. The Labute approximate surface area is 128 Å². The molecule has 0 aliphatic rings. The van der Waals surface area contributed by atoms with E-state index in [9.17, 15) is 4.39 Å². The maximum absolute atomic E-state index is 13.6. The third kappa shape index (κ3) is 3.98. The van der Waals surface area contributed by atoms with E-state index in [1.54, 1.807) is 24.8 Å². The minimum absolute atomic E-state index is 0.106. The summed E-state index contributed by atoms with van der Waals surface area (Å²) in [6.07, 6.45) is 0. The van der Waals surface area contributed by atoms with Crippen molar-refractivity contribution in [2.45, 2.75) is 17.9 Å². The lowest BCUT2D eigenvalue weighted by Gasteiger charge is -2.17. The number of rotatable bonds is 5. The number of nitrogens with one attached hydrogen (secondary N) is 1. The first kappa shape index (κ1) is 15.4. The fraction of sp³-hybridized carbons (Fsp3) is 0.250. The summed E-state index contributed by atoms with van der Waals surface area (Å²) >= 11 is 7.67. The Morgan fingerprint density at radius 2 is 2.05 bits per heavy atom. The van der Waals surface area contributed by atoms with E-state index in [1.807, 2.05) is 43.4 Å². The van der Waals surface area contributed by atoms with Gasteiger partial charge in [-0.2, -0.15) is 0 Å². The second-order valence-electron chi connectivity index (χ2n) is 4.62. The molecule has 2 aromatic carbocycles. The normalized spacial score (nSPS) is 12.4. The molecule has 0 bridgehead atoms. The molecule has 0 amide bonds. The van der Waals surface area contributed by atoms with E-state index >= 15 is 0 Å². The van der Waals surface area contributed by atoms with Crippen LogP contribution in [0.2, 0.25) is 5.02 Å². The van der Waals surface area contributed by atoms with Crippen LogP contribution in [0.1, 0.15) is 17.2 Å². The molecular weight excluding hydrogens is 293 g/mol. The average Bonchev–Trinajstić information content (AvgIpc) is 2.43. The molecule has 2 aromatic rings. The number of hydrogen-bond acceptors (Lipinski definition) is 2. The highest BCUT2D eigenvalue weighted by Crippen LogP contribution is 2.27. The van der Waals surface area contributed by atoms with Gasteiger partial charge in [-0.15, -0.1) is 11.8 Å². The van der Waals surface area contributed by atoms with Gasteiger partial charge in [-0.1, -0.05) is 29.8 Å². The van der Waals surface area contributed by atoms with Gasteiger partial charge in [-0.25, -0.2) is 4.39 Å². The van der Waals surface area contributed by atoms with E-state index in [-0.39, 0.29) is 11.9 Å². The molecular formula is C16H17ClFNS. The standard InChI is InChI=1S/C16H17ClFNS/c1-11-6-7-12(8-15(11)18)16(19-2)10-20-14-5-3-4-13(17)9-14/h3-9,16,19H,10H2,1-2H3. The minimum Gasteiger partial charge on any atom is -0.312 e. The van der Waals surface area contributed by atoms with Crippen molar-refractivity contribution >= 4 is 23.4 Å². The summed E-state index contributed by atoms with van der Waals surface area (Å²) in [5.41, 5.74) is 1.64. The van der Waals surface area contributed by atoms with Gasteiger partial charge in [-0.05, 0) is 49.4 Å². The second kappa shape index (κ2) is 7.11. The van der Waals surface area contributed by atoms with E-state index < -0.39 is 0 Å². The lowest BCUT2D eigenvalue weighted by atomic mass is 10.1. The van der Waals surface area contributed by atoms with Crippen LogP contribution in [-0.4, -0.2) is 12.8 Å². The summed E-state index contributed by atoms with van der Waals surface area (Å²) in [7, 11) is 1.89. The van der Waals surface area contributed by atoms with Gasteiger partial charge in [0.1, 0.15) is 5.82 Å². The van der Waals surface area contributed by atoms with Crippen molar-refractivity contribution in [3.63, 3.8) is 0 Å². The van der Waals surface area contributed by atoms with Crippen LogP contribution in [0.5, 0.6) is 0 Å². The number of thioether (sulfide) groups is 1. The van der Waals surface area contributed by atoms with Crippen molar-refractivity contribution in [3.05, 3.63) is 64.4 Å². The van der Waals surface area contributed by atoms with Gasteiger partial charge < -0.3 is 5.32 Å². The molecule has 0 aliphatic carbocycles. The molecule has 0 saturated carbocycles. The predicted molar refractivity (Wildman–Crippen MR) is 85.1 cm³/mol. The molecule has 2 rings (SSSR count). The van der Waals surface area contributed by atoms with Crippen molar-refractivity contribution in [2.75, 3.05) is 12.8 Å². The largest absolute Gasteiger partial charge is 0.312 e. The van der Waals surface area contributed by atoms with E-state index in [2.05, 4.69) is 5.32 Å². The molecule has 1 atom stereocenters. The molecule has 0 radical (unpaired) electrons. The third-order valence-electron chi connectivity index (χ3n) is 3.16. The molecule has 106 valence electrons. The van der Waals surface area contributed by atoms with Crippen molar-refractivity contribution < 1.29 is 4.39 Å². The third-order valence-corrected chi connectivity index (χ3v) is 4.48. The van der Waals surface area contributed by atoms with E-state index in [0.29, 0.717) is 5.56 Å². The molecule has 1 nitrogen and oxygen atoms in total. The minimum atomic E-state index is -0.157. The number of aryl methyl sites for hydroxylation is 1. The van der Waals surface area contributed by atoms with Crippen molar-refractivity contribution in [1.82, 2.24) is 5.32 Å². The number of benzene rings is 2. The van der Waals surface area contributed by atoms with Gasteiger partial charge in [0.25, 0.3) is 0 Å². The lowest BCUT2D eigenvalue weighted by Crippen LogP contribution is -2.19. The molecule has 1 unspecified atom stereocenters. The van der Waals surface area contributed by atoms with Crippen molar-refractivity contribution in [2.24, 2.45) is 0 Å². The Balaban J connectivity index is 2.07. The molecule has 0 aliphatic heterocycles. The van der Waals surface area contributed by atoms with Crippen molar-refractivity contribution in [3.8, 4) is 0 Å². The number of halogens is 2. The van der Waals surface area contributed by atoms with E-state index in [4.69, 9.17) is 11.6 Å². The zero-order valence-corrected chi connectivity index (χ0v) is 13.1. The highest BCUT2D eigenvalue weighted by Gasteiger charge is 2.11. The van der Waals surface area contributed by atoms with Gasteiger partial charge in [0.15, 0.2) is 0 Å². The molecule has 0 aromatic heterocycles. The average molecular weight is 310 g/mol. The summed E-state index contributed by atoms with van der Waals surface area (Å²) in [6, 6.07) is 13.3. The summed E-state index contributed by atoms with van der Waals surface area (Å²) in [6.45, 7) is 1.77. The smallest absolute Gasteiger partial charge is 0.126 e. The van der Waals surface area contributed by atoms with Crippen molar-refractivity contribution in [1.29, 1.82) is 0 Å². The van der Waals surface area contributed by atoms with Gasteiger partial charge in [0.05, 0.1) is 0 Å². The van der Waals surface area contributed by atoms with E-state index in [1.165, 1.54) is 0 Å². The summed E-state index contributed by atoms with van der Waals surface area (Å²) < 4.78 is 13.6.